The van der Waals surface area contributed by atoms with Crippen LogP contribution in [0.2, 0.25) is 0 Å². The van der Waals surface area contributed by atoms with Gasteiger partial charge in [-0.25, -0.2) is 0 Å². The lowest BCUT2D eigenvalue weighted by atomic mass is 9.83. The molecule has 0 unspecified atom stereocenters. The zero-order valence-electron chi connectivity index (χ0n) is 12.0. The summed E-state index contributed by atoms with van der Waals surface area (Å²) in [7, 11) is 0. The Bertz CT molecular complexity index is 545. The summed E-state index contributed by atoms with van der Waals surface area (Å²) < 4.78 is 82.4. The van der Waals surface area contributed by atoms with Gasteiger partial charge in [0, 0.05) is 0 Å². The molecule has 0 amide bonds. The fourth-order valence-corrected chi connectivity index (χ4v) is 1.96. The molecule has 0 aromatic heterocycles. The van der Waals surface area contributed by atoms with Crippen molar-refractivity contribution in [2.24, 2.45) is 5.41 Å². The maximum atomic E-state index is 13.0. The summed E-state index contributed by atoms with van der Waals surface area (Å²) in [6, 6.07) is 4.11. The lowest BCUT2D eigenvalue weighted by Gasteiger charge is -2.34. The summed E-state index contributed by atoms with van der Waals surface area (Å²) in [4.78, 5) is 11.8. The van der Waals surface area contributed by atoms with Gasteiger partial charge in [0.15, 0.2) is 0 Å². The van der Waals surface area contributed by atoms with E-state index in [0.717, 1.165) is 6.07 Å². The molecule has 0 aliphatic carbocycles. The Morgan fingerprint density at radius 2 is 1.55 bits per heavy atom. The molecule has 124 valence electrons. The van der Waals surface area contributed by atoms with Crippen molar-refractivity contribution in [2.45, 2.75) is 39.5 Å². The van der Waals surface area contributed by atoms with Crippen LogP contribution in [0.5, 0.6) is 5.75 Å². The van der Waals surface area contributed by atoms with Crippen LogP contribution in [0.1, 0.15) is 24.5 Å². The molecule has 0 N–H and O–H groups in total. The highest BCUT2D eigenvalue weighted by atomic mass is 19.4. The summed E-state index contributed by atoms with van der Waals surface area (Å²) in [6.07, 6.45) is -13.1. The molecule has 0 fully saturated rings. The third-order valence-electron chi connectivity index (χ3n) is 3.60. The Kier molecular flexibility index (Phi) is 4.84. The number of hydrogen-bond acceptors (Lipinski definition) is 2. The zero-order valence-corrected chi connectivity index (χ0v) is 12.0. The Labute approximate surface area is 123 Å². The van der Waals surface area contributed by atoms with Crippen LogP contribution in [0, 0.1) is 19.3 Å². The molecule has 2 nitrogen and oxygen atoms in total. The molecule has 0 atom stereocenters. The van der Waals surface area contributed by atoms with Crippen molar-refractivity contribution in [3.05, 3.63) is 29.3 Å². The average Bonchev–Trinajstić information content (AvgIpc) is 2.32. The van der Waals surface area contributed by atoms with E-state index in [-0.39, 0.29) is 5.75 Å². The molecule has 0 radical (unpaired) electrons. The van der Waals surface area contributed by atoms with Gasteiger partial charge in [0.05, 0.1) is 0 Å². The van der Waals surface area contributed by atoms with Crippen molar-refractivity contribution in [2.75, 3.05) is 0 Å². The number of ether oxygens (including phenoxy) is 1. The number of hydrogen-bond donors (Lipinski definition) is 0. The van der Waals surface area contributed by atoms with Gasteiger partial charge in [-0.2, -0.15) is 26.3 Å². The van der Waals surface area contributed by atoms with Gasteiger partial charge in [0.2, 0.25) is 0 Å². The van der Waals surface area contributed by atoms with Crippen LogP contribution in [0.15, 0.2) is 18.2 Å². The highest BCUT2D eigenvalue weighted by Gasteiger charge is 2.75. The van der Waals surface area contributed by atoms with Crippen LogP contribution in [0.25, 0.3) is 0 Å². The van der Waals surface area contributed by atoms with Crippen LogP contribution < -0.4 is 4.74 Å². The largest absolute Gasteiger partial charge is 0.425 e. The second kappa shape index (κ2) is 5.81. The minimum absolute atomic E-state index is 0.296. The first kappa shape index (κ1) is 18.3. The Morgan fingerprint density at radius 3 is 1.95 bits per heavy atom. The number of esters is 1. The summed E-state index contributed by atoms with van der Waals surface area (Å²) in [6.45, 7) is 3.67. The molecule has 0 spiro atoms. The van der Waals surface area contributed by atoms with E-state index in [9.17, 15) is 31.1 Å². The number of halogens is 6. The molecule has 1 aromatic carbocycles. The molecule has 0 saturated heterocycles. The quantitative estimate of drug-likeness (QED) is 0.455. The maximum absolute atomic E-state index is 13.0. The van der Waals surface area contributed by atoms with Crippen molar-refractivity contribution >= 4 is 5.97 Å². The predicted molar refractivity (Wildman–Crippen MR) is 66.4 cm³/mol. The molecule has 22 heavy (non-hydrogen) atoms. The van der Waals surface area contributed by atoms with E-state index in [1.54, 1.807) is 13.0 Å². The van der Waals surface area contributed by atoms with Crippen LogP contribution in [-0.2, 0) is 4.79 Å². The maximum Gasteiger partial charge on any atom is 0.413 e. The predicted octanol–water partition coefficient (Wildman–Crippen LogP) is 4.73. The number of alkyl halides is 6. The van der Waals surface area contributed by atoms with Crippen LogP contribution in [0.3, 0.4) is 0 Å². The van der Waals surface area contributed by atoms with E-state index < -0.39 is 30.2 Å². The molecular weight excluding hydrogens is 314 g/mol. The third kappa shape index (κ3) is 2.91. The molecule has 0 saturated carbocycles. The highest BCUT2D eigenvalue weighted by molar-refractivity contribution is 5.81. The van der Waals surface area contributed by atoms with Crippen molar-refractivity contribution in [3.8, 4) is 5.75 Å². The van der Waals surface area contributed by atoms with Gasteiger partial charge < -0.3 is 4.74 Å². The average molecular weight is 328 g/mol. The third-order valence-corrected chi connectivity index (χ3v) is 3.60. The van der Waals surface area contributed by atoms with Gasteiger partial charge in [-0.3, -0.25) is 4.79 Å². The molecule has 1 aromatic rings. The van der Waals surface area contributed by atoms with E-state index in [0.29, 0.717) is 18.1 Å². The summed E-state index contributed by atoms with van der Waals surface area (Å²) in [5, 5.41) is 0. The fraction of sp³-hybridized carbons (Fsp3) is 0.500. The topological polar surface area (TPSA) is 26.3 Å². The molecule has 8 heteroatoms. The Hall–Kier alpha value is -1.73. The lowest BCUT2D eigenvalue weighted by Crippen LogP contribution is -2.56. The smallest absolute Gasteiger partial charge is 0.413 e. The Balaban J connectivity index is 3.34. The van der Waals surface area contributed by atoms with Gasteiger partial charge in [0.25, 0.3) is 5.41 Å². The minimum atomic E-state index is -5.81. The molecule has 0 aliphatic heterocycles. The van der Waals surface area contributed by atoms with E-state index in [1.807, 2.05) is 0 Å². The van der Waals surface area contributed by atoms with Crippen molar-refractivity contribution in [1.29, 1.82) is 0 Å². The zero-order chi connectivity index (χ0) is 17.3. The summed E-state index contributed by atoms with van der Waals surface area (Å²) >= 11 is 0. The van der Waals surface area contributed by atoms with Gasteiger partial charge in [-0.05, 0) is 37.5 Å². The number of aryl methyl sites for hydroxylation is 1. The number of carbonyl (C=O) groups is 1. The van der Waals surface area contributed by atoms with E-state index in [1.165, 1.54) is 13.0 Å². The SMILES string of the molecule is CCC(C(=O)Oc1cccc(C)c1C)(C(F)(F)F)C(F)(F)F. The highest BCUT2D eigenvalue weighted by Crippen LogP contribution is 2.53. The van der Waals surface area contributed by atoms with E-state index >= 15 is 0 Å². The number of carbonyl (C=O) groups excluding carboxylic acids is 1. The monoisotopic (exact) mass is 328 g/mol. The van der Waals surface area contributed by atoms with Crippen molar-refractivity contribution in [1.82, 2.24) is 0 Å². The van der Waals surface area contributed by atoms with Crippen LogP contribution in [0.4, 0.5) is 26.3 Å². The number of benzene rings is 1. The van der Waals surface area contributed by atoms with E-state index in [4.69, 9.17) is 0 Å². The Morgan fingerprint density at radius 1 is 1.05 bits per heavy atom. The van der Waals surface area contributed by atoms with Gasteiger partial charge in [0.1, 0.15) is 5.75 Å². The lowest BCUT2D eigenvalue weighted by molar-refractivity contribution is -0.330. The minimum Gasteiger partial charge on any atom is -0.425 e. The summed E-state index contributed by atoms with van der Waals surface area (Å²) in [5.74, 6) is -2.69. The second-order valence-electron chi connectivity index (χ2n) is 4.84. The van der Waals surface area contributed by atoms with E-state index in [2.05, 4.69) is 4.74 Å². The molecule has 0 bridgehead atoms. The molecule has 0 aliphatic rings. The summed E-state index contributed by atoms with van der Waals surface area (Å²) in [5.41, 5.74) is -3.67. The first-order valence-corrected chi connectivity index (χ1v) is 6.30. The fourth-order valence-electron chi connectivity index (χ4n) is 1.96. The van der Waals surface area contributed by atoms with Crippen LogP contribution >= 0.6 is 0 Å². The van der Waals surface area contributed by atoms with Crippen molar-refractivity contribution in [3.63, 3.8) is 0 Å². The van der Waals surface area contributed by atoms with Gasteiger partial charge in [-0.1, -0.05) is 19.1 Å². The molecular formula is C14H14F6O2. The first-order valence-electron chi connectivity index (χ1n) is 6.30. The molecule has 0 heterocycles. The standard InChI is InChI=1S/C14H14F6O2/c1-4-12(13(15,16)17,14(18,19)20)11(21)22-10-7-5-6-8(2)9(10)3/h5-7H,4H2,1-3H3. The first-order chi connectivity index (χ1) is 9.88. The van der Waals surface area contributed by atoms with Gasteiger partial charge in [-0.15, -0.1) is 0 Å². The van der Waals surface area contributed by atoms with Crippen LogP contribution in [-0.4, -0.2) is 18.3 Å². The number of rotatable bonds is 3. The van der Waals surface area contributed by atoms with Gasteiger partial charge >= 0.3 is 18.3 Å². The molecule has 1 rings (SSSR count). The normalized spacial score (nSPS) is 13.1. The second-order valence-corrected chi connectivity index (χ2v) is 4.84. The van der Waals surface area contributed by atoms with Crippen molar-refractivity contribution < 1.29 is 35.9 Å².